The third-order valence-electron chi connectivity index (χ3n) is 3.27. The van der Waals surface area contributed by atoms with Crippen LogP contribution in [0.3, 0.4) is 0 Å². The number of rotatable bonds is 4. The molecule has 1 rings (SSSR count). The van der Waals surface area contributed by atoms with Crippen LogP contribution in [0.4, 0.5) is 0 Å². The van der Waals surface area contributed by atoms with Gasteiger partial charge in [-0.3, -0.25) is 4.79 Å². The first-order valence-corrected chi connectivity index (χ1v) is 6.95. The monoisotopic (exact) mass is 332 g/mol. The van der Waals surface area contributed by atoms with Crippen LogP contribution < -0.4 is 11.1 Å². The van der Waals surface area contributed by atoms with Gasteiger partial charge in [0.2, 0.25) is 0 Å². The van der Waals surface area contributed by atoms with Crippen LogP contribution >= 0.6 is 27.5 Å². The summed E-state index contributed by atoms with van der Waals surface area (Å²) in [6.45, 7) is 6.40. The van der Waals surface area contributed by atoms with Gasteiger partial charge in [-0.2, -0.15) is 0 Å². The van der Waals surface area contributed by atoms with Crippen molar-refractivity contribution in [3.8, 4) is 0 Å². The molecule has 1 unspecified atom stereocenters. The second kappa shape index (κ2) is 6.04. The SMILES string of the molecule is CC(C)C(C)(CN)NC(=O)c1ccc(Cl)cc1Br. The summed E-state index contributed by atoms with van der Waals surface area (Å²) in [5, 5.41) is 3.57. The first-order valence-electron chi connectivity index (χ1n) is 5.78. The van der Waals surface area contributed by atoms with Gasteiger partial charge in [-0.25, -0.2) is 0 Å². The highest BCUT2D eigenvalue weighted by atomic mass is 79.9. The van der Waals surface area contributed by atoms with Crippen LogP contribution in [0.25, 0.3) is 0 Å². The zero-order chi connectivity index (χ0) is 13.9. The van der Waals surface area contributed by atoms with Gasteiger partial charge in [0.1, 0.15) is 0 Å². The lowest BCUT2D eigenvalue weighted by molar-refractivity contribution is 0.0882. The molecule has 3 nitrogen and oxygen atoms in total. The van der Waals surface area contributed by atoms with Crippen LogP contribution in [0, 0.1) is 5.92 Å². The van der Waals surface area contributed by atoms with Crippen molar-refractivity contribution in [3.05, 3.63) is 33.3 Å². The number of amides is 1. The van der Waals surface area contributed by atoms with Crippen molar-refractivity contribution in [3.63, 3.8) is 0 Å². The van der Waals surface area contributed by atoms with Crippen molar-refractivity contribution in [1.82, 2.24) is 5.32 Å². The second-order valence-corrected chi connectivity index (χ2v) is 6.15. The zero-order valence-electron chi connectivity index (χ0n) is 10.8. The van der Waals surface area contributed by atoms with Crippen molar-refractivity contribution < 1.29 is 4.79 Å². The van der Waals surface area contributed by atoms with Crippen LogP contribution in [0.15, 0.2) is 22.7 Å². The molecule has 5 heteroatoms. The molecule has 0 aliphatic rings. The predicted octanol–water partition coefficient (Wildman–Crippen LogP) is 3.21. The van der Waals surface area contributed by atoms with Gasteiger partial charge < -0.3 is 11.1 Å². The van der Waals surface area contributed by atoms with Gasteiger partial charge in [0.05, 0.1) is 11.1 Å². The van der Waals surface area contributed by atoms with Gasteiger partial charge in [-0.05, 0) is 47.0 Å². The lowest BCUT2D eigenvalue weighted by Crippen LogP contribution is -2.55. The Labute approximate surface area is 121 Å². The Kier molecular flexibility index (Phi) is 5.20. The molecule has 3 N–H and O–H groups in total. The standard InChI is InChI=1S/C13H18BrClN2O/c1-8(2)13(3,7-16)17-12(18)10-5-4-9(15)6-11(10)14/h4-6,8H,7,16H2,1-3H3,(H,17,18). The lowest BCUT2D eigenvalue weighted by Gasteiger charge is -2.33. The highest BCUT2D eigenvalue weighted by Crippen LogP contribution is 2.23. The third-order valence-corrected chi connectivity index (χ3v) is 4.16. The summed E-state index contributed by atoms with van der Waals surface area (Å²) in [5.41, 5.74) is 5.88. The Morgan fingerprint density at radius 1 is 1.56 bits per heavy atom. The number of hydrogen-bond acceptors (Lipinski definition) is 2. The molecule has 0 bridgehead atoms. The molecule has 1 atom stereocenters. The van der Waals surface area contributed by atoms with E-state index in [0.717, 1.165) is 0 Å². The number of hydrogen-bond donors (Lipinski definition) is 2. The van der Waals surface area contributed by atoms with E-state index in [-0.39, 0.29) is 11.8 Å². The van der Waals surface area contributed by atoms with E-state index in [1.54, 1.807) is 18.2 Å². The van der Waals surface area contributed by atoms with Crippen LogP contribution in [0.2, 0.25) is 5.02 Å². The minimum absolute atomic E-state index is 0.153. The van der Waals surface area contributed by atoms with Crippen molar-refractivity contribution in [2.24, 2.45) is 11.7 Å². The normalized spacial score (nSPS) is 14.4. The van der Waals surface area contributed by atoms with E-state index in [1.165, 1.54) is 0 Å². The predicted molar refractivity (Wildman–Crippen MR) is 78.9 cm³/mol. The van der Waals surface area contributed by atoms with E-state index in [0.29, 0.717) is 21.6 Å². The highest BCUT2D eigenvalue weighted by Gasteiger charge is 2.29. The average Bonchev–Trinajstić information content (AvgIpc) is 2.28. The Balaban J connectivity index is 2.95. The highest BCUT2D eigenvalue weighted by molar-refractivity contribution is 9.10. The van der Waals surface area contributed by atoms with E-state index in [4.69, 9.17) is 17.3 Å². The molecule has 0 fully saturated rings. The molecule has 0 aliphatic carbocycles. The maximum absolute atomic E-state index is 12.2. The summed E-state index contributed by atoms with van der Waals surface area (Å²) in [7, 11) is 0. The first kappa shape index (κ1) is 15.5. The molecule has 18 heavy (non-hydrogen) atoms. The molecule has 0 saturated carbocycles. The largest absolute Gasteiger partial charge is 0.345 e. The smallest absolute Gasteiger partial charge is 0.252 e. The lowest BCUT2D eigenvalue weighted by atomic mass is 9.88. The molecule has 100 valence electrons. The van der Waals surface area contributed by atoms with E-state index in [1.807, 2.05) is 20.8 Å². The summed E-state index contributed by atoms with van der Waals surface area (Å²) in [6, 6.07) is 5.08. The Morgan fingerprint density at radius 3 is 2.61 bits per heavy atom. The summed E-state index contributed by atoms with van der Waals surface area (Å²) >= 11 is 9.19. The van der Waals surface area contributed by atoms with Gasteiger partial charge in [0, 0.05) is 16.0 Å². The first-order chi connectivity index (χ1) is 8.30. The average molecular weight is 334 g/mol. The maximum Gasteiger partial charge on any atom is 0.252 e. The summed E-state index contributed by atoms with van der Waals surface area (Å²) in [5.74, 6) is 0.0951. The molecule has 0 saturated heterocycles. The van der Waals surface area contributed by atoms with E-state index >= 15 is 0 Å². The quantitative estimate of drug-likeness (QED) is 0.889. The molecule has 0 spiro atoms. The van der Waals surface area contributed by atoms with Gasteiger partial charge in [0.15, 0.2) is 0 Å². The molecule has 1 aromatic rings. The number of carbonyl (C=O) groups is 1. The summed E-state index contributed by atoms with van der Waals surface area (Å²) < 4.78 is 0.677. The fourth-order valence-electron chi connectivity index (χ4n) is 1.43. The van der Waals surface area contributed by atoms with Crippen molar-refractivity contribution >= 4 is 33.4 Å². The molecule has 0 radical (unpaired) electrons. The van der Waals surface area contributed by atoms with Gasteiger partial charge in [0.25, 0.3) is 5.91 Å². The van der Waals surface area contributed by atoms with Gasteiger partial charge in [-0.15, -0.1) is 0 Å². The van der Waals surface area contributed by atoms with Crippen LogP contribution in [-0.4, -0.2) is 18.0 Å². The minimum Gasteiger partial charge on any atom is -0.345 e. The van der Waals surface area contributed by atoms with Crippen molar-refractivity contribution in [2.45, 2.75) is 26.3 Å². The molecule has 0 heterocycles. The zero-order valence-corrected chi connectivity index (χ0v) is 13.1. The number of carbonyl (C=O) groups excluding carboxylic acids is 1. The fraction of sp³-hybridized carbons (Fsp3) is 0.462. The van der Waals surface area contributed by atoms with E-state index < -0.39 is 5.54 Å². The topological polar surface area (TPSA) is 55.1 Å². The van der Waals surface area contributed by atoms with Crippen LogP contribution in [0.5, 0.6) is 0 Å². The minimum atomic E-state index is -0.420. The van der Waals surface area contributed by atoms with E-state index in [2.05, 4.69) is 21.2 Å². The van der Waals surface area contributed by atoms with Crippen molar-refractivity contribution in [1.29, 1.82) is 0 Å². The van der Waals surface area contributed by atoms with Crippen molar-refractivity contribution in [2.75, 3.05) is 6.54 Å². The number of halogens is 2. The molecule has 1 aromatic carbocycles. The van der Waals surface area contributed by atoms with E-state index in [9.17, 15) is 4.79 Å². The van der Waals surface area contributed by atoms with Crippen LogP contribution in [-0.2, 0) is 0 Å². The van der Waals surface area contributed by atoms with Crippen LogP contribution in [0.1, 0.15) is 31.1 Å². The summed E-state index contributed by atoms with van der Waals surface area (Å²) in [4.78, 5) is 12.2. The van der Waals surface area contributed by atoms with Gasteiger partial charge >= 0.3 is 0 Å². The molecular formula is C13H18BrClN2O. The van der Waals surface area contributed by atoms with Gasteiger partial charge in [-0.1, -0.05) is 25.4 Å². The fourth-order valence-corrected chi connectivity index (χ4v) is 2.29. The molecular weight excluding hydrogens is 316 g/mol. The maximum atomic E-state index is 12.2. The number of benzene rings is 1. The molecule has 1 amide bonds. The second-order valence-electron chi connectivity index (χ2n) is 4.85. The Hall–Kier alpha value is -0.580. The Morgan fingerprint density at radius 2 is 2.17 bits per heavy atom. The Bertz CT molecular complexity index is 451. The third kappa shape index (κ3) is 3.46. The summed E-state index contributed by atoms with van der Waals surface area (Å²) in [6.07, 6.45) is 0. The number of nitrogens with two attached hydrogens (primary N) is 1. The number of nitrogens with one attached hydrogen (secondary N) is 1. The molecule has 0 aromatic heterocycles. The molecule has 0 aliphatic heterocycles.